The molecule has 0 unspecified atom stereocenters. The highest BCUT2D eigenvalue weighted by Gasteiger charge is 2.32. The summed E-state index contributed by atoms with van der Waals surface area (Å²) in [5.74, 6) is 0.694. The number of hydrogen-bond acceptors (Lipinski definition) is 5. The summed E-state index contributed by atoms with van der Waals surface area (Å²) in [6.45, 7) is 11.4. The molecule has 146 valence electrons. The molecular formula is C20H32N2O4. The van der Waals surface area contributed by atoms with Crippen LogP contribution in [-0.4, -0.2) is 62.5 Å². The van der Waals surface area contributed by atoms with Crippen molar-refractivity contribution in [3.8, 4) is 5.75 Å². The van der Waals surface area contributed by atoms with E-state index in [0.29, 0.717) is 19.6 Å². The zero-order valence-electron chi connectivity index (χ0n) is 16.3. The van der Waals surface area contributed by atoms with Crippen LogP contribution in [0.15, 0.2) is 24.3 Å². The lowest BCUT2D eigenvalue weighted by Gasteiger charge is -2.28. The number of benzene rings is 1. The van der Waals surface area contributed by atoms with E-state index in [1.54, 1.807) is 0 Å². The van der Waals surface area contributed by atoms with Gasteiger partial charge in [-0.05, 0) is 44.5 Å². The average Bonchev–Trinajstić information content (AvgIpc) is 2.64. The minimum atomic E-state index is -0.795. The Balaban J connectivity index is 1.81. The molecule has 1 aliphatic rings. The molecule has 1 atom stereocenters. The second-order valence-corrected chi connectivity index (χ2v) is 6.69. The summed E-state index contributed by atoms with van der Waals surface area (Å²) in [6, 6.07) is 7.49. The van der Waals surface area contributed by atoms with Gasteiger partial charge in [0.25, 0.3) is 5.91 Å². The Labute approximate surface area is 156 Å². The second-order valence-electron chi connectivity index (χ2n) is 6.69. The predicted molar refractivity (Wildman–Crippen MR) is 103 cm³/mol. The number of carbonyl (C=O) groups is 1. The van der Waals surface area contributed by atoms with E-state index < -0.39 is 5.60 Å². The summed E-state index contributed by atoms with van der Waals surface area (Å²) in [4.78, 5) is 14.9. The van der Waals surface area contributed by atoms with Crippen molar-refractivity contribution in [3.63, 3.8) is 0 Å². The Bertz CT molecular complexity index is 535. The number of nitrogens with zero attached hydrogens (tertiary/aromatic N) is 1. The van der Waals surface area contributed by atoms with E-state index in [4.69, 9.17) is 14.2 Å². The van der Waals surface area contributed by atoms with E-state index in [2.05, 4.69) is 10.2 Å². The highest BCUT2D eigenvalue weighted by atomic mass is 16.5. The maximum Gasteiger partial charge on any atom is 0.256 e. The largest absolute Gasteiger partial charge is 0.492 e. The molecule has 0 aromatic heterocycles. The van der Waals surface area contributed by atoms with E-state index in [0.717, 1.165) is 50.7 Å². The van der Waals surface area contributed by atoms with E-state index in [1.165, 1.54) is 0 Å². The Morgan fingerprint density at radius 3 is 2.54 bits per heavy atom. The highest BCUT2D eigenvalue weighted by Crippen LogP contribution is 2.22. The number of hydrogen-bond donors (Lipinski definition) is 1. The molecular weight excluding hydrogens is 332 g/mol. The van der Waals surface area contributed by atoms with Gasteiger partial charge in [-0.1, -0.05) is 13.3 Å². The van der Waals surface area contributed by atoms with Crippen molar-refractivity contribution in [3.05, 3.63) is 24.3 Å². The monoisotopic (exact) mass is 364 g/mol. The van der Waals surface area contributed by atoms with Crippen molar-refractivity contribution in [1.29, 1.82) is 0 Å². The third-order valence-electron chi connectivity index (χ3n) is 4.56. The lowest BCUT2D eigenvalue weighted by atomic mass is 9.99. The molecule has 6 nitrogen and oxygen atoms in total. The molecule has 1 fully saturated rings. The maximum absolute atomic E-state index is 12.6. The lowest BCUT2D eigenvalue weighted by Crippen LogP contribution is -2.42. The number of carbonyl (C=O) groups excluding carboxylic acids is 1. The topological polar surface area (TPSA) is 60.0 Å². The Morgan fingerprint density at radius 2 is 1.92 bits per heavy atom. The van der Waals surface area contributed by atoms with E-state index in [-0.39, 0.29) is 5.91 Å². The first-order valence-electron chi connectivity index (χ1n) is 9.55. The molecule has 1 aromatic rings. The van der Waals surface area contributed by atoms with E-state index >= 15 is 0 Å². The fraction of sp³-hybridized carbons (Fsp3) is 0.650. The molecule has 1 aromatic carbocycles. The van der Waals surface area contributed by atoms with Crippen LogP contribution >= 0.6 is 0 Å². The lowest BCUT2D eigenvalue weighted by molar-refractivity contribution is -0.139. The summed E-state index contributed by atoms with van der Waals surface area (Å²) in [5.41, 5.74) is -0.0471. The maximum atomic E-state index is 12.6. The molecule has 1 N–H and O–H groups in total. The minimum Gasteiger partial charge on any atom is -0.492 e. The fourth-order valence-electron chi connectivity index (χ4n) is 3.06. The minimum absolute atomic E-state index is 0.109. The molecule has 0 aliphatic carbocycles. The van der Waals surface area contributed by atoms with Gasteiger partial charge in [0.15, 0.2) is 0 Å². The quantitative estimate of drug-likeness (QED) is 0.692. The smallest absolute Gasteiger partial charge is 0.256 e. The zero-order chi connectivity index (χ0) is 18.8. The summed E-state index contributed by atoms with van der Waals surface area (Å²) < 4.78 is 16.8. The first kappa shape index (κ1) is 20.7. The van der Waals surface area contributed by atoms with Gasteiger partial charge in [-0.15, -0.1) is 0 Å². The normalized spacial score (nSPS) is 17.5. The van der Waals surface area contributed by atoms with E-state index in [1.807, 2.05) is 45.0 Å². The fourth-order valence-corrected chi connectivity index (χ4v) is 3.06. The van der Waals surface area contributed by atoms with Crippen LogP contribution in [0.4, 0.5) is 5.69 Å². The van der Waals surface area contributed by atoms with E-state index in [9.17, 15) is 4.79 Å². The molecule has 1 amide bonds. The second kappa shape index (κ2) is 10.5. The molecule has 0 spiro atoms. The Hall–Kier alpha value is -1.63. The van der Waals surface area contributed by atoms with Crippen LogP contribution in [0.1, 0.15) is 33.6 Å². The molecule has 1 aliphatic heterocycles. The van der Waals surface area contributed by atoms with Gasteiger partial charge in [0.2, 0.25) is 0 Å². The zero-order valence-corrected chi connectivity index (χ0v) is 16.3. The third kappa shape index (κ3) is 6.27. The standard InChI is InChI=1S/C20H32N2O4/c1-4-10-20(3,26-5-2)19(23)21-17-6-8-18(9-7-17)25-16-13-22-11-14-24-15-12-22/h6-9H,4-5,10-16H2,1-3H3,(H,21,23)/t20-/m0/s1. The van der Waals surface area contributed by atoms with Gasteiger partial charge in [0.1, 0.15) is 18.0 Å². The predicted octanol–water partition coefficient (Wildman–Crippen LogP) is 2.93. The summed E-state index contributed by atoms with van der Waals surface area (Å²) in [6.07, 6.45) is 1.58. The molecule has 26 heavy (non-hydrogen) atoms. The summed E-state index contributed by atoms with van der Waals surface area (Å²) in [5, 5.41) is 2.95. The van der Waals surface area contributed by atoms with Crippen LogP contribution in [0, 0.1) is 0 Å². The molecule has 1 saturated heterocycles. The van der Waals surface area contributed by atoms with Gasteiger partial charge >= 0.3 is 0 Å². The highest BCUT2D eigenvalue weighted by molar-refractivity contribution is 5.97. The molecule has 0 radical (unpaired) electrons. The van der Waals surface area contributed by atoms with Gasteiger partial charge in [-0.25, -0.2) is 0 Å². The van der Waals surface area contributed by atoms with Gasteiger partial charge in [0.05, 0.1) is 13.2 Å². The van der Waals surface area contributed by atoms with Crippen molar-refractivity contribution in [2.24, 2.45) is 0 Å². The first-order chi connectivity index (χ1) is 12.6. The Morgan fingerprint density at radius 1 is 1.23 bits per heavy atom. The van der Waals surface area contributed by atoms with Gasteiger partial charge in [-0.2, -0.15) is 0 Å². The van der Waals surface area contributed by atoms with Crippen LogP contribution in [0.3, 0.4) is 0 Å². The van der Waals surface area contributed by atoms with Crippen molar-refractivity contribution in [2.75, 3.05) is 51.4 Å². The van der Waals surface area contributed by atoms with Gasteiger partial charge in [0, 0.05) is 31.9 Å². The van der Waals surface area contributed by atoms with Crippen LogP contribution in [0.2, 0.25) is 0 Å². The number of ether oxygens (including phenoxy) is 3. The van der Waals surface area contributed by atoms with Crippen molar-refractivity contribution in [2.45, 2.75) is 39.2 Å². The van der Waals surface area contributed by atoms with Crippen molar-refractivity contribution in [1.82, 2.24) is 4.90 Å². The van der Waals surface area contributed by atoms with Crippen LogP contribution < -0.4 is 10.1 Å². The molecule has 2 rings (SSSR count). The van der Waals surface area contributed by atoms with Crippen molar-refractivity contribution >= 4 is 11.6 Å². The number of nitrogens with one attached hydrogen (secondary N) is 1. The average molecular weight is 364 g/mol. The summed E-state index contributed by atoms with van der Waals surface area (Å²) >= 11 is 0. The number of rotatable bonds is 10. The first-order valence-corrected chi connectivity index (χ1v) is 9.55. The number of anilines is 1. The molecule has 1 heterocycles. The van der Waals surface area contributed by atoms with Crippen LogP contribution in [0.25, 0.3) is 0 Å². The summed E-state index contributed by atoms with van der Waals surface area (Å²) in [7, 11) is 0. The number of morpholine rings is 1. The molecule has 0 bridgehead atoms. The van der Waals surface area contributed by atoms with Crippen LogP contribution in [-0.2, 0) is 14.3 Å². The van der Waals surface area contributed by atoms with Gasteiger partial charge < -0.3 is 19.5 Å². The molecule has 0 saturated carbocycles. The van der Waals surface area contributed by atoms with Gasteiger partial charge in [-0.3, -0.25) is 9.69 Å². The number of amides is 1. The molecule has 6 heteroatoms. The third-order valence-corrected chi connectivity index (χ3v) is 4.56. The van der Waals surface area contributed by atoms with Crippen molar-refractivity contribution < 1.29 is 19.0 Å². The van der Waals surface area contributed by atoms with Crippen LogP contribution in [0.5, 0.6) is 5.75 Å². The Kier molecular flexibility index (Phi) is 8.35. The SMILES string of the molecule is CCC[C@](C)(OCC)C(=O)Nc1ccc(OCCN2CCOCC2)cc1.